The summed E-state index contributed by atoms with van der Waals surface area (Å²) in [5.74, 6) is -0.352. The van der Waals surface area contributed by atoms with E-state index < -0.39 is 0 Å². The second-order valence-corrected chi connectivity index (χ2v) is 4.18. The quantitative estimate of drug-likeness (QED) is 0.805. The molecule has 78 valence electrons. The molecule has 0 aliphatic carbocycles. The van der Waals surface area contributed by atoms with Gasteiger partial charge in [0.25, 0.3) is 5.91 Å². The topological polar surface area (TPSA) is 75.1 Å². The van der Waals surface area contributed by atoms with Gasteiger partial charge in [-0.25, -0.2) is 0 Å². The van der Waals surface area contributed by atoms with Crippen LogP contribution in [0, 0.1) is 0 Å². The lowest BCUT2D eigenvalue weighted by Gasteiger charge is -2.11. The molecule has 0 saturated heterocycles. The van der Waals surface area contributed by atoms with E-state index in [0.717, 1.165) is 11.3 Å². The highest BCUT2D eigenvalue weighted by Gasteiger charge is 2.15. The Bertz CT molecular complexity index is 314. The van der Waals surface area contributed by atoms with Crippen molar-refractivity contribution >= 4 is 28.8 Å². The van der Waals surface area contributed by atoms with Crippen molar-refractivity contribution in [2.24, 2.45) is 0 Å². The first-order valence-corrected chi connectivity index (χ1v) is 5.27. The molecule has 1 aromatic heterocycles. The van der Waals surface area contributed by atoms with Gasteiger partial charge in [-0.05, 0) is 18.0 Å². The fraction of sp³-hybridized carbons (Fsp3) is 0.571. The Morgan fingerprint density at radius 1 is 1.71 bits per heavy atom. The number of aliphatic hydroxyl groups excluding tert-OH is 1. The van der Waals surface area contributed by atoms with E-state index in [0.29, 0.717) is 6.42 Å². The number of nitrogens with one attached hydrogen (secondary N) is 1. The Balaban J connectivity index is 2.58. The van der Waals surface area contributed by atoms with Crippen LogP contribution in [0.15, 0.2) is 0 Å². The Hall–Kier alpha value is -0.720. The molecule has 14 heavy (non-hydrogen) atoms. The lowest BCUT2D eigenvalue weighted by atomic mass is 10.2. The summed E-state index contributed by atoms with van der Waals surface area (Å²) in [4.78, 5) is 11.4. The fourth-order valence-corrected chi connectivity index (χ4v) is 1.55. The minimum atomic E-state index is -0.352. The van der Waals surface area contributed by atoms with Crippen LogP contribution in [0.25, 0.3) is 0 Å². The number of halogens is 1. The van der Waals surface area contributed by atoms with Crippen LogP contribution in [0.2, 0.25) is 4.47 Å². The normalized spacial score (nSPS) is 12.5. The van der Waals surface area contributed by atoms with Gasteiger partial charge in [0.2, 0.25) is 9.47 Å². The molecule has 1 atom stereocenters. The van der Waals surface area contributed by atoms with Crippen molar-refractivity contribution in [1.29, 1.82) is 0 Å². The standard InChI is InChI=1S/C7H10ClN3O2S/c1-2-4(3-12)9-5(13)6-10-11-7(8)14-6/h4,12H,2-3H2,1H3,(H,9,13). The Kier molecular flexibility index (Phi) is 4.24. The summed E-state index contributed by atoms with van der Waals surface area (Å²) in [6.45, 7) is 1.78. The molecule has 1 rings (SSSR count). The van der Waals surface area contributed by atoms with Crippen molar-refractivity contribution in [1.82, 2.24) is 15.5 Å². The van der Waals surface area contributed by atoms with Crippen LogP contribution < -0.4 is 5.32 Å². The lowest BCUT2D eigenvalue weighted by molar-refractivity contribution is 0.0914. The van der Waals surface area contributed by atoms with E-state index in [-0.39, 0.29) is 28.0 Å². The van der Waals surface area contributed by atoms with Gasteiger partial charge in [-0.2, -0.15) is 0 Å². The summed E-state index contributed by atoms with van der Waals surface area (Å²) in [7, 11) is 0. The molecule has 1 unspecified atom stereocenters. The molecule has 1 amide bonds. The summed E-state index contributed by atoms with van der Waals surface area (Å²) in [6, 6.07) is -0.245. The van der Waals surface area contributed by atoms with Crippen molar-refractivity contribution in [3.63, 3.8) is 0 Å². The molecule has 1 aromatic rings. The summed E-state index contributed by atoms with van der Waals surface area (Å²) < 4.78 is 0.229. The summed E-state index contributed by atoms with van der Waals surface area (Å²) >= 11 is 6.53. The molecule has 0 aliphatic heterocycles. The maximum Gasteiger partial charge on any atom is 0.282 e. The van der Waals surface area contributed by atoms with E-state index in [9.17, 15) is 4.79 Å². The summed E-state index contributed by atoms with van der Waals surface area (Å²) in [5, 5.41) is 18.8. The number of aromatic nitrogens is 2. The average molecular weight is 236 g/mol. The van der Waals surface area contributed by atoms with E-state index in [2.05, 4.69) is 15.5 Å². The molecule has 2 N–H and O–H groups in total. The number of carbonyl (C=O) groups excluding carboxylic acids is 1. The van der Waals surface area contributed by atoms with Gasteiger partial charge < -0.3 is 10.4 Å². The minimum Gasteiger partial charge on any atom is -0.394 e. The molecule has 7 heteroatoms. The molecule has 0 aliphatic rings. The van der Waals surface area contributed by atoms with Crippen LogP contribution in [0.1, 0.15) is 23.1 Å². The van der Waals surface area contributed by atoms with E-state index in [4.69, 9.17) is 16.7 Å². The molecule has 0 saturated carbocycles. The number of carbonyl (C=O) groups is 1. The monoisotopic (exact) mass is 235 g/mol. The second kappa shape index (κ2) is 5.23. The zero-order valence-electron chi connectivity index (χ0n) is 7.53. The molecule has 0 fully saturated rings. The largest absolute Gasteiger partial charge is 0.394 e. The minimum absolute atomic E-state index is 0.0885. The first-order chi connectivity index (χ1) is 6.67. The number of rotatable bonds is 4. The maximum absolute atomic E-state index is 11.4. The summed E-state index contributed by atoms with van der Waals surface area (Å²) in [5.41, 5.74) is 0. The van der Waals surface area contributed by atoms with Gasteiger partial charge in [0.1, 0.15) is 0 Å². The highest BCUT2D eigenvalue weighted by Crippen LogP contribution is 2.14. The maximum atomic E-state index is 11.4. The predicted molar refractivity (Wildman–Crippen MR) is 53.6 cm³/mol. The molecule has 0 aromatic carbocycles. The van der Waals surface area contributed by atoms with Gasteiger partial charge in [0, 0.05) is 0 Å². The van der Waals surface area contributed by atoms with Crippen LogP contribution in [0.3, 0.4) is 0 Å². The highest BCUT2D eigenvalue weighted by molar-refractivity contribution is 7.17. The number of aliphatic hydroxyl groups is 1. The van der Waals surface area contributed by atoms with Crippen molar-refractivity contribution in [3.05, 3.63) is 9.47 Å². The lowest BCUT2D eigenvalue weighted by Crippen LogP contribution is -2.36. The van der Waals surface area contributed by atoms with Crippen LogP contribution in [0.4, 0.5) is 0 Å². The molecule has 1 heterocycles. The number of amides is 1. The third-order valence-electron chi connectivity index (χ3n) is 1.64. The van der Waals surface area contributed by atoms with Gasteiger partial charge >= 0.3 is 0 Å². The van der Waals surface area contributed by atoms with Gasteiger partial charge in [0.15, 0.2) is 0 Å². The van der Waals surface area contributed by atoms with Gasteiger partial charge in [-0.15, -0.1) is 10.2 Å². The number of hydrogen-bond donors (Lipinski definition) is 2. The molecule has 5 nitrogen and oxygen atoms in total. The molecule has 0 bridgehead atoms. The average Bonchev–Trinajstić information content (AvgIpc) is 2.61. The van der Waals surface area contributed by atoms with E-state index in [1.165, 1.54) is 0 Å². The Labute approximate surface area is 90.1 Å². The van der Waals surface area contributed by atoms with Crippen LogP contribution in [0.5, 0.6) is 0 Å². The first kappa shape index (κ1) is 11.4. The third-order valence-corrected chi connectivity index (χ3v) is 2.66. The van der Waals surface area contributed by atoms with Crippen molar-refractivity contribution in [2.45, 2.75) is 19.4 Å². The SMILES string of the molecule is CCC(CO)NC(=O)c1nnc(Cl)s1. The van der Waals surface area contributed by atoms with Gasteiger partial charge in [-0.3, -0.25) is 4.79 Å². The second-order valence-electron chi connectivity index (χ2n) is 2.62. The van der Waals surface area contributed by atoms with Crippen molar-refractivity contribution in [2.75, 3.05) is 6.61 Å². The van der Waals surface area contributed by atoms with Gasteiger partial charge in [0.05, 0.1) is 12.6 Å². The van der Waals surface area contributed by atoms with Crippen LogP contribution in [-0.2, 0) is 0 Å². The molecular formula is C7H10ClN3O2S. The van der Waals surface area contributed by atoms with Crippen molar-refractivity contribution in [3.8, 4) is 0 Å². The third kappa shape index (κ3) is 2.90. The smallest absolute Gasteiger partial charge is 0.282 e. The zero-order valence-corrected chi connectivity index (χ0v) is 9.10. The fourth-order valence-electron chi connectivity index (χ4n) is 0.821. The van der Waals surface area contributed by atoms with Crippen molar-refractivity contribution < 1.29 is 9.90 Å². The predicted octanol–water partition coefficient (Wildman–Crippen LogP) is 0.692. The number of hydrogen-bond acceptors (Lipinski definition) is 5. The van der Waals surface area contributed by atoms with E-state index in [1.807, 2.05) is 6.92 Å². The number of nitrogens with zero attached hydrogens (tertiary/aromatic N) is 2. The first-order valence-electron chi connectivity index (χ1n) is 4.08. The molecule has 0 spiro atoms. The highest BCUT2D eigenvalue weighted by atomic mass is 35.5. The van der Waals surface area contributed by atoms with E-state index in [1.54, 1.807) is 0 Å². The molecular weight excluding hydrogens is 226 g/mol. The van der Waals surface area contributed by atoms with E-state index >= 15 is 0 Å². The summed E-state index contributed by atoms with van der Waals surface area (Å²) in [6.07, 6.45) is 0.661. The van der Waals surface area contributed by atoms with Crippen LogP contribution in [-0.4, -0.2) is 33.9 Å². The Morgan fingerprint density at radius 3 is 2.86 bits per heavy atom. The molecule has 0 radical (unpaired) electrons. The Morgan fingerprint density at radius 2 is 2.43 bits per heavy atom. The van der Waals surface area contributed by atoms with Crippen LogP contribution >= 0.6 is 22.9 Å². The van der Waals surface area contributed by atoms with Gasteiger partial charge in [-0.1, -0.05) is 18.3 Å². The zero-order chi connectivity index (χ0) is 10.6.